The zero-order valence-electron chi connectivity index (χ0n) is 22.0. The van der Waals surface area contributed by atoms with E-state index in [9.17, 15) is 9.59 Å². The molecule has 5 aromatic rings. The maximum absolute atomic E-state index is 13.3. The van der Waals surface area contributed by atoms with Gasteiger partial charge in [-0.1, -0.05) is 29.8 Å². The quantitative estimate of drug-likeness (QED) is 0.345. The van der Waals surface area contributed by atoms with Crippen molar-refractivity contribution in [2.75, 3.05) is 11.9 Å². The smallest absolute Gasteiger partial charge is 0.255 e. The molecule has 10 heteroatoms. The monoisotopic (exact) mass is 523 g/mol. The van der Waals surface area contributed by atoms with Crippen molar-refractivity contribution in [1.29, 1.82) is 0 Å². The molecule has 1 saturated heterocycles. The number of hydrogen-bond acceptors (Lipinski definition) is 6. The van der Waals surface area contributed by atoms with Gasteiger partial charge in [-0.25, -0.2) is 9.50 Å². The molecule has 1 aliphatic rings. The Morgan fingerprint density at radius 2 is 2.03 bits per heavy atom. The van der Waals surface area contributed by atoms with Crippen LogP contribution in [0.5, 0.6) is 0 Å². The second kappa shape index (κ2) is 9.95. The fraction of sp³-hybridized carbons (Fsp3) is 0.276. The molecule has 198 valence electrons. The van der Waals surface area contributed by atoms with Gasteiger partial charge in [0, 0.05) is 43.2 Å². The molecule has 2 N–H and O–H groups in total. The van der Waals surface area contributed by atoms with Gasteiger partial charge in [-0.3, -0.25) is 14.9 Å². The van der Waals surface area contributed by atoms with Gasteiger partial charge in [-0.05, 0) is 56.0 Å². The third-order valence-corrected chi connectivity index (χ3v) is 7.08. The highest BCUT2D eigenvalue weighted by Gasteiger charge is 2.25. The molecule has 0 aliphatic carbocycles. The van der Waals surface area contributed by atoms with Gasteiger partial charge in [0.15, 0.2) is 5.65 Å². The normalized spacial score (nSPS) is 16.0. The van der Waals surface area contributed by atoms with Crippen LogP contribution in [0.25, 0.3) is 27.8 Å². The van der Waals surface area contributed by atoms with Gasteiger partial charge in [0.2, 0.25) is 5.95 Å². The number of hydrogen-bond donors (Lipinski definition) is 2. The minimum absolute atomic E-state index is 0.144. The first kappa shape index (κ1) is 24.7. The number of carbonyl (C=O) groups excluding carboxylic acids is 2. The summed E-state index contributed by atoms with van der Waals surface area (Å²) in [5.41, 5.74) is 5.76. The number of amides is 2. The first-order chi connectivity index (χ1) is 18.9. The Morgan fingerprint density at radius 3 is 2.82 bits per heavy atom. The maximum Gasteiger partial charge on any atom is 0.255 e. The highest BCUT2D eigenvalue weighted by atomic mass is 16.5. The highest BCUT2D eigenvalue weighted by Crippen LogP contribution is 2.27. The minimum atomic E-state index is -0.456. The van der Waals surface area contributed by atoms with Crippen molar-refractivity contribution >= 4 is 34.4 Å². The highest BCUT2D eigenvalue weighted by molar-refractivity contribution is 6.07. The lowest BCUT2D eigenvalue weighted by atomic mass is 10.0. The van der Waals surface area contributed by atoms with Crippen LogP contribution in [0.1, 0.15) is 47.3 Å². The topological polar surface area (TPSA) is 115 Å². The Morgan fingerprint density at radius 1 is 1.15 bits per heavy atom. The fourth-order valence-corrected chi connectivity index (χ4v) is 4.99. The summed E-state index contributed by atoms with van der Waals surface area (Å²) in [7, 11) is 1.88. The minimum Gasteiger partial charge on any atom is -0.368 e. The van der Waals surface area contributed by atoms with Crippen LogP contribution >= 0.6 is 0 Å². The molecule has 0 radical (unpaired) electrons. The van der Waals surface area contributed by atoms with Crippen LogP contribution in [0.2, 0.25) is 0 Å². The van der Waals surface area contributed by atoms with Crippen molar-refractivity contribution < 1.29 is 14.3 Å². The first-order valence-corrected chi connectivity index (χ1v) is 13.0. The van der Waals surface area contributed by atoms with E-state index in [2.05, 4.69) is 31.8 Å². The maximum atomic E-state index is 13.3. The summed E-state index contributed by atoms with van der Waals surface area (Å²) >= 11 is 0. The molecule has 5 heterocycles. The number of anilines is 1. The number of ether oxygens (including phenoxy) is 1. The zero-order valence-corrected chi connectivity index (χ0v) is 22.0. The van der Waals surface area contributed by atoms with Crippen molar-refractivity contribution in [1.82, 2.24) is 29.5 Å². The van der Waals surface area contributed by atoms with Gasteiger partial charge in [0.25, 0.3) is 11.8 Å². The molecular weight excluding hydrogens is 494 g/mol. The predicted molar refractivity (Wildman–Crippen MR) is 147 cm³/mol. The molecule has 0 spiro atoms. The van der Waals surface area contributed by atoms with E-state index in [1.807, 2.05) is 68.1 Å². The van der Waals surface area contributed by atoms with E-state index in [4.69, 9.17) is 4.74 Å². The fourth-order valence-electron chi connectivity index (χ4n) is 4.99. The van der Waals surface area contributed by atoms with Crippen LogP contribution in [-0.2, 0) is 16.6 Å². The molecule has 1 aliphatic heterocycles. The number of nitrogens with one attached hydrogen (secondary N) is 2. The number of aromatic nitrogens is 5. The molecule has 10 nitrogen and oxygen atoms in total. The van der Waals surface area contributed by atoms with Crippen molar-refractivity contribution in [3.8, 4) is 11.1 Å². The largest absolute Gasteiger partial charge is 0.368 e. The average Bonchev–Trinajstić information content (AvgIpc) is 3.67. The summed E-state index contributed by atoms with van der Waals surface area (Å²) in [6.07, 6.45) is 6.48. The van der Waals surface area contributed by atoms with Crippen molar-refractivity contribution in [2.24, 2.45) is 7.05 Å². The number of nitrogens with zero attached hydrogens (tertiary/aromatic N) is 5. The average molecular weight is 524 g/mol. The molecule has 0 bridgehead atoms. The zero-order chi connectivity index (χ0) is 27.1. The summed E-state index contributed by atoms with van der Waals surface area (Å²) in [5.74, 6) is -0.163. The molecular formula is C29H29N7O3. The number of rotatable bonds is 6. The number of fused-ring (bicyclic) bond motifs is 2. The lowest BCUT2D eigenvalue weighted by molar-refractivity contribution is -0.124. The second-order valence-corrected chi connectivity index (χ2v) is 10.0. The van der Waals surface area contributed by atoms with E-state index in [0.717, 1.165) is 39.7 Å². The van der Waals surface area contributed by atoms with Crippen LogP contribution in [0.3, 0.4) is 0 Å². The Labute approximate surface area is 225 Å². The van der Waals surface area contributed by atoms with Gasteiger partial charge in [0.1, 0.15) is 11.8 Å². The molecule has 1 fully saturated rings. The molecule has 0 saturated carbocycles. The number of benzene rings is 1. The summed E-state index contributed by atoms with van der Waals surface area (Å²) in [5, 5.41) is 11.0. The van der Waals surface area contributed by atoms with Gasteiger partial charge in [-0.2, -0.15) is 4.98 Å². The Bertz CT molecular complexity index is 1720. The van der Waals surface area contributed by atoms with Gasteiger partial charge in [-0.15, -0.1) is 5.10 Å². The van der Waals surface area contributed by atoms with E-state index in [-0.39, 0.29) is 23.8 Å². The molecule has 6 rings (SSSR count). The van der Waals surface area contributed by atoms with Crippen LogP contribution < -0.4 is 10.6 Å². The molecule has 39 heavy (non-hydrogen) atoms. The van der Waals surface area contributed by atoms with Crippen LogP contribution in [-0.4, -0.2) is 48.7 Å². The Balaban J connectivity index is 1.27. The lowest BCUT2D eigenvalue weighted by Crippen LogP contribution is -2.27. The predicted octanol–water partition coefficient (Wildman–Crippen LogP) is 4.20. The molecule has 4 aromatic heterocycles. The molecule has 2 amide bonds. The SMILES string of the molecule is Cc1cccc([C@H](C)NC(=O)c2cn(C)c3ncc(-c4ccn5nc(NC(=O)C6CCCO6)nc5c4)cc23)c1. The third kappa shape index (κ3) is 4.86. The summed E-state index contributed by atoms with van der Waals surface area (Å²) in [4.78, 5) is 34.8. The van der Waals surface area contributed by atoms with Crippen molar-refractivity contribution in [3.05, 3.63) is 77.7 Å². The van der Waals surface area contributed by atoms with E-state index in [1.165, 1.54) is 0 Å². The van der Waals surface area contributed by atoms with Crippen LogP contribution in [0.15, 0.2) is 61.1 Å². The van der Waals surface area contributed by atoms with E-state index in [0.29, 0.717) is 24.2 Å². The van der Waals surface area contributed by atoms with E-state index < -0.39 is 6.10 Å². The van der Waals surface area contributed by atoms with Gasteiger partial charge in [0.05, 0.1) is 11.6 Å². The Kier molecular flexibility index (Phi) is 6.32. The van der Waals surface area contributed by atoms with Crippen LogP contribution in [0, 0.1) is 6.92 Å². The van der Waals surface area contributed by atoms with E-state index >= 15 is 0 Å². The molecule has 1 aromatic carbocycles. The second-order valence-electron chi connectivity index (χ2n) is 10.0. The van der Waals surface area contributed by atoms with Crippen LogP contribution in [0.4, 0.5) is 5.95 Å². The van der Waals surface area contributed by atoms with Gasteiger partial charge >= 0.3 is 0 Å². The lowest BCUT2D eigenvalue weighted by Gasteiger charge is -2.14. The molecule has 2 atom stereocenters. The van der Waals surface area contributed by atoms with Crippen molar-refractivity contribution in [3.63, 3.8) is 0 Å². The third-order valence-electron chi connectivity index (χ3n) is 7.08. The number of pyridine rings is 2. The number of aryl methyl sites for hydroxylation is 2. The van der Waals surface area contributed by atoms with Gasteiger partial charge < -0.3 is 14.6 Å². The van der Waals surface area contributed by atoms with Crippen molar-refractivity contribution in [2.45, 2.75) is 38.8 Å². The first-order valence-electron chi connectivity index (χ1n) is 13.0. The Hall–Kier alpha value is -4.57. The standard InChI is InChI=1S/C29H29N7O3/c1-17-6-4-7-19(12-17)18(2)31-27(37)23-16-35(3)26-22(23)13-21(15-30-26)20-9-10-36-25(14-20)32-29(34-36)33-28(38)24-8-5-11-39-24/h4,6-7,9-10,12-16,18,24H,5,8,11H2,1-3H3,(H,31,37)(H,33,34,38)/t18-,24?/m0/s1. The van der Waals surface area contributed by atoms with E-state index in [1.54, 1.807) is 16.9 Å². The summed E-state index contributed by atoms with van der Waals surface area (Å²) < 4.78 is 8.90. The summed E-state index contributed by atoms with van der Waals surface area (Å²) in [6, 6.07) is 13.7. The number of carbonyl (C=O) groups is 2. The molecule has 1 unspecified atom stereocenters. The summed E-state index contributed by atoms with van der Waals surface area (Å²) in [6.45, 7) is 4.61.